The second-order valence-electron chi connectivity index (χ2n) is 5.40. The van der Waals surface area contributed by atoms with Crippen molar-refractivity contribution < 1.29 is 23.8 Å². The molecule has 0 saturated heterocycles. The summed E-state index contributed by atoms with van der Waals surface area (Å²) in [5.74, 6) is 0.238. The zero-order valence-corrected chi connectivity index (χ0v) is 14.4. The van der Waals surface area contributed by atoms with Crippen LogP contribution in [-0.2, 0) is 9.53 Å². The molecule has 5 nitrogen and oxygen atoms in total. The summed E-state index contributed by atoms with van der Waals surface area (Å²) in [5, 5.41) is 0.526. The number of carbonyl (C=O) groups excluding carboxylic acids is 2. The predicted octanol–water partition coefficient (Wildman–Crippen LogP) is 3.90. The number of fused-ring (bicyclic) bond motifs is 1. The van der Waals surface area contributed by atoms with Gasteiger partial charge in [-0.15, -0.1) is 0 Å². The molecular formula is C19H15ClO5. The van der Waals surface area contributed by atoms with Gasteiger partial charge in [-0.2, -0.15) is 0 Å². The van der Waals surface area contributed by atoms with Crippen molar-refractivity contribution in [3.05, 3.63) is 64.4 Å². The Bertz CT molecular complexity index is 872. The van der Waals surface area contributed by atoms with Gasteiger partial charge in [-0.1, -0.05) is 29.8 Å². The number of Topliss-reactive ketones (excluding diaryl/α,β-unsaturated/α-hetero) is 1. The molecule has 1 unspecified atom stereocenters. The summed E-state index contributed by atoms with van der Waals surface area (Å²) in [6.07, 6.45) is 0.834. The molecule has 0 spiro atoms. The Morgan fingerprint density at radius 1 is 1.24 bits per heavy atom. The van der Waals surface area contributed by atoms with Crippen molar-refractivity contribution in [3.63, 3.8) is 0 Å². The zero-order valence-electron chi connectivity index (χ0n) is 13.6. The number of halogens is 1. The Balaban J connectivity index is 1.84. The third kappa shape index (κ3) is 3.51. The van der Waals surface area contributed by atoms with Crippen LogP contribution in [0.25, 0.3) is 6.08 Å². The summed E-state index contributed by atoms with van der Waals surface area (Å²) in [7, 11) is 1.29. The molecule has 0 radical (unpaired) electrons. The highest BCUT2D eigenvalue weighted by molar-refractivity contribution is 6.32. The van der Waals surface area contributed by atoms with Crippen molar-refractivity contribution in [1.29, 1.82) is 0 Å². The van der Waals surface area contributed by atoms with Crippen molar-refractivity contribution in [2.75, 3.05) is 7.11 Å². The normalized spacial score (nSPS) is 15.5. The van der Waals surface area contributed by atoms with E-state index in [0.717, 1.165) is 0 Å². The van der Waals surface area contributed by atoms with Crippen LogP contribution in [0.1, 0.15) is 22.8 Å². The van der Waals surface area contributed by atoms with Crippen molar-refractivity contribution in [2.45, 2.75) is 13.0 Å². The molecule has 6 heteroatoms. The second kappa shape index (κ2) is 6.99. The van der Waals surface area contributed by atoms with Crippen molar-refractivity contribution >= 4 is 29.4 Å². The summed E-state index contributed by atoms with van der Waals surface area (Å²) in [5.41, 5.74) is 1.12. The summed E-state index contributed by atoms with van der Waals surface area (Å²) in [6, 6.07) is 11.9. The minimum Gasteiger partial charge on any atom is -0.479 e. The highest BCUT2D eigenvalue weighted by atomic mass is 35.5. The molecule has 0 saturated carbocycles. The standard InChI is InChI=1S/C19H15ClO5/c1-11(19(22)23-2)24-13-7-8-14-16(10-13)25-17(18(14)21)9-12-5-3-4-6-15(12)20/h3-11H,1-2H3. The molecule has 0 aliphatic carbocycles. The van der Waals surface area contributed by atoms with E-state index < -0.39 is 12.1 Å². The Kier molecular flexibility index (Phi) is 4.76. The first-order valence-electron chi connectivity index (χ1n) is 7.57. The lowest BCUT2D eigenvalue weighted by atomic mass is 10.1. The van der Waals surface area contributed by atoms with E-state index in [2.05, 4.69) is 4.74 Å². The number of hydrogen-bond acceptors (Lipinski definition) is 5. The number of methoxy groups -OCH3 is 1. The van der Waals surface area contributed by atoms with Crippen molar-refractivity contribution in [2.24, 2.45) is 0 Å². The number of esters is 1. The molecule has 1 aliphatic rings. The quantitative estimate of drug-likeness (QED) is 0.612. The lowest BCUT2D eigenvalue weighted by Gasteiger charge is -2.12. The smallest absolute Gasteiger partial charge is 0.346 e. The fourth-order valence-electron chi connectivity index (χ4n) is 2.39. The van der Waals surface area contributed by atoms with Gasteiger partial charge in [-0.05, 0) is 36.8 Å². The molecule has 2 aromatic rings. The highest BCUT2D eigenvalue weighted by Gasteiger charge is 2.28. The molecule has 0 bridgehead atoms. The van der Waals surface area contributed by atoms with Crippen molar-refractivity contribution in [3.8, 4) is 11.5 Å². The summed E-state index contributed by atoms with van der Waals surface area (Å²) in [6.45, 7) is 1.58. The largest absolute Gasteiger partial charge is 0.479 e. The van der Waals surface area contributed by atoms with Gasteiger partial charge in [0.15, 0.2) is 11.9 Å². The monoisotopic (exact) mass is 358 g/mol. The van der Waals surface area contributed by atoms with Crippen molar-refractivity contribution in [1.82, 2.24) is 0 Å². The van der Waals surface area contributed by atoms with Gasteiger partial charge in [0.2, 0.25) is 5.78 Å². The van der Waals surface area contributed by atoms with Gasteiger partial charge in [0.05, 0.1) is 12.7 Å². The molecule has 0 fully saturated rings. The van der Waals surface area contributed by atoms with Gasteiger partial charge >= 0.3 is 5.97 Å². The number of ether oxygens (including phenoxy) is 3. The Labute approximate surface area is 149 Å². The van der Waals surface area contributed by atoms with E-state index in [4.69, 9.17) is 21.1 Å². The molecular weight excluding hydrogens is 344 g/mol. The van der Waals surface area contributed by atoms with E-state index in [1.807, 2.05) is 12.1 Å². The van der Waals surface area contributed by atoms with Crippen LogP contribution in [0.2, 0.25) is 5.02 Å². The van der Waals surface area contributed by atoms with E-state index in [1.165, 1.54) is 7.11 Å². The fourth-order valence-corrected chi connectivity index (χ4v) is 2.58. The van der Waals surface area contributed by atoms with Gasteiger partial charge in [-0.25, -0.2) is 4.79 Å². The Morgan fingerprint density at radius 3 is 2.72 bits per heavy atom. The van der Waals surface area contributed by atoms with Gasteiger partial charge < -0.3 is 14.2 Å². The minimum absolute atomic E-state index is 0.182. The molecule has 1 heterocycles. The molecule has 2 aromatic carbocycles. The first-order valence-corrected chi connectivity index (χ1v) is 7.94. The topological polar surface area (TPSA) is 61.8 Å². The molecule has 128 valence electrons. The third-order valence-electron chi connectivity index (χ3n) is 3.68. The summed E-state index contributed by atoms with van der Waals surface area (Å²) >= 11 is 6.11. The van der Waals surface area contributed by atoms with Crippen LogP contribution in [0.4, 0.5) is 0 Å². The van der Waals surface area contributed by atoms with Gasteiger partial charge in [-0.3, -0.25) is 4.79 Å². The maximum absolute atomic E-state index is 12.4. The highest BCUT2D eigenvalue weighted by Crippen LogP contribution is 2.35. The van der Waals surface area contributed by atoms with Crippen LogP contribution < -0.4 is 9.47 Å². The fraction of sp³-hybridized carbons (Fsp3) is 0.158. The first kappa shape index (κ1) is 17.0. The average Bonchev–Trinajstić information content (AvgIpc) is 2.91. The number of hydrogen-bond donors (Lipinski definition) is 0. The Hall–Kier alpha value is -2.79. The lowest BCUT2D eigenvalue weighted by Crippen LogP contribution is -2.24. The van der Waals surface area contributed by atoms with Crippen LogP contribution in [0.3, 0.4) is 0 Å². The number of benzene rings is 2. The van der Waals surface area contributed by atoms with Crippen LogP contribution in [0.5, 0.6) is 11.5 Å². The van der Waals surface area contributed by atoms with Gasteiger partial charge in [0.1, 0.15) is 11.5 Å². The third-order valence-corrected chi connectivity index (χ3v) is 4.02. The van der Waals surface area contributed by atoms with Crippen LogP contribution in [0, 0.1) is 0 Å². The first-order chi connectivity index (χ1) is 12.0. The number of allylic oxidation sites excluding steroid dienone is 1. The molecule has 0 amide bonds. The number of ketones is 1. The Morgan fingerprint density at radius 2 is 2.00 bits per heavy atom. The van der Waals surface area contributed by atoms with Gasteiger partial charge in [0, 0.05) is 11.1 Å². The van der Waals surface area contributed by atoms with Crippen LogP contribution in [-0.4, -0.2) is 25.0 Å². The zero-order chi connectivity index (χ0) is 18.0. The average molecular weight is 359 g/mol. The lowest BCUT2D eigenvalue weighted by molar-refractivity contribution is -0.147. The molecule has 1 aliphatic heterocycles. The number of carbonyl (C=O) groups is 2. The molecule has 3 rings (SSSR count). The maximum Gasteiger partial charge on any atom is 0.346 e. The van der Waals surface area contributed by atoms with E-state index in [0.29, 0.717) is 27.6 Å². The summed E-state index contributed by atoms with van der Waals surface area (Å²) in [4.78, 5) is 23.9. The van der Waals surface area contributed by atoms with E-state index in [9.17, 15) is 9.59 Å². The number of rotatable bonds is 4. The second-order valence-corrected chi connectivity index (χ2v) is 5.81. The minimum atomic E-state index is -0.765. The van der Waals surface area contributed by atoms with E-state index >= 15 is 0 Å². The van der Waals surface area contributed by atoms with Crippen LogP contribution >= 0.6 is 11.6 Å². The maximum atomic E-state index is 12.4. The molecule has 0 aromatic heterocycles. The van der Waals surface area contributed by atoms with Crippen LogP contribution in [0.15, 0.2) is 48.2 Å². The predicted molar refractivity (Wildman–Crippen MR) is 92.9 cm³/mol. The SMILES string of the molecule is COC(=O)C(C)Oc1ccc2c(c1)OC(=Cc1ccccc1Cl)C2=O. The van der Waals surface area contributed by atoms with E-state index in [1.54, 1.807) is 43.3 Å². The van der Waals surface area contributed by atoms with E-state index in [-0.39, 0.29) is 11.5 Å². The summed E-state index contributed by atoms with van der Waals surface area (Å²) < 4.78 is 15.8. The molecule has 25 heavy (non-hydrogen) atoms. The molecule has 0 N–H and O–H groups in total. The van der Waals surface area contributed by atoms with Gasteiger partial charge in [0.25, 0.3) is 0 Å². The molecule has 1 atom stereocenters.